The van der Waals surface area contributed by atoms with E-state index < -0.39 is 10.0 Å². The highest BCUT2D eigenvalue weighted by Crippen LogP contribution is 2.27. The van der Waals surface area contributed by atoms with Crippen molar-refractivity contribution in [3.63, 3.8) is 0 Å². The molecule has 2 N–H and O–H groups in total. The normalized spacial score (nSPS) is 11.5. The number of hydrogen-bond acceptors (Lipinski definition) is 3. The van der Waals surface area contributed by atoms with Crippen LogP contribution in [0.3, 0.4) is 0 Å². The minimum Gasteiger partial charge on any atom is -0.508 e. The Morgan fingerprint density at radius 1 is 0.955 bits per heavy atom. The number of rotatable bonds is 3. The molecule has 0 aliphatic heterocycles. The first-order valence-electron chi connectivity index (χ1n) is 6.77. The largest absolute Gasteiger partial charge is 0.508 e. The monoisotopic (exact) mass is 313 g/mol. The van der Waals surface area contributed by atoms with Crippen LogP contribution in [0.1, 0.15) is 5.56 Å². The molecule has 0 aromatic heterocycles. The van der Waals surface area contributed by atoms with Gasteiger partial charge in [-0.15, -0.1) is 0 Å². The first kappa shape index (κ1) is 14.4. The van der Waals surface area contributed by atoms with E-state index in [0.29, 0.717) is 11.3 Å². The highest BCUT2D eigenvalue weighted by atomic mass is 32.2. The molecule has 0 fully saturated rings. The van der Waals surface area contributed by atoms with Crippen molar-refractivity contribution in [1.82, 2.24) is 0 Å². The molecule has 5 heteroatoms. The number of phenolic OH excluding ortho intramolecular Hbond substituents is 1. The van der Waals surface area contributed by atoms with Gasteiger partial charge >= 0.3 is 0 Å². The van der Waals surface area contributed by atoms with Crippen LogP contribution >= 0.6 is 0 Å². The second-order valence-electron chi connectivity index (χ2n) is 5.08. The Kier molecular flexibility index (Phi) is 3.50. The summed E-state index contributed by atoms with van der Waals surface area (Å²) < 4.78 is 27.8. The van der Waals surface area contributed by atoms with Gasteiger partial charge in [0, 0.05) is 11.5 Å². The van der Waals surface area contributed by atoms with E-state index in [0.717, 1.165) is 10.8 Å². The fourth-order valence-corrected chi connectivity index (χ4v) is 3.74. The Bertz CT molecular complexity index is 944. The van der Waals surface area contributed by atoms with Gasteiger partial charge in [-0.25, -0.2) is 8.42 Å². The molecule has 0 amide bonds. The minimum atomic E-state index is -3.77. The molecule has 4 nitrogen and oxygen atoms in total. The molecule has 0 radical (unpaired) electrons. The molecule has 3 aromatic carbocycles. The number of anilines is 1. The fraction of sp³-hybridized carbons (Fsp3) is 0.0588. The van der Waals surface area contributed by atoms with Crippen molar-refractivity contribution in [2.24, 2.45) is 0 Å². The van der Waals surface area contributed by atoms with Gasteiger partial charge in [0.05, 0.1) is 10.6 Å². The molecule has 0 aliphatic rings. The van der Waals surface area contributed by atoms with Crippen LogP contribution in [-0.4, -0.2) is 13.5 Å². The average molecular weight is 313 g/mol. The zero-order valence-corrected chi connectivity index (χ0v) is 12.8. The van der Waals surface area contributed by atoms with Gasteiger partial charge in [-0.3, -0.25) is 4.72 Å². The lowest BCUT2D eigenvalue weighted by Gasteiger charge is -2.12. The molecule has 0 bridgehead atoms. The number of aryl methyl sites for hydroxylation is 1. The summed E-state index contributed by atoms with van der Waals surface area (Å²) in [5.74, 6) is -0.0797. The molecule has 0 aliphatic carbocycles. The lowest BCUT2D eigenvalue weighted by molar-refractivity contribution is 0.473. The van der Waals surface area contributed by atoms with E-state index in [9.17, 15) is 13.5 Å². The van der Waals surface area contributed by atoms with E-state index in [2.05, 4.69) is 4.72 Å². The molecular formula is C17H15NO3S. The van der Waals surface area contributed by atoms with Crippen LogP contribution in [0.2, 0.25) is 0 Å². The van der Waals surface area contributed by atoms with Gasteiger partial charge in [-0.05, 0) is 30.0 Å². The van der Waals surface area contributed by atoms with Gasteiger partial charge in [0.1, 0.15) is 5.75 Å². The SMILES string of the molecule is Cc1ccc(O)cc1S(=O)(=O)Nc1cccc2ccccc12. The molecule has 0 unspecified atom stereocenters. The van der Waals surface area contributed by atoms with Crippen LogP contribution in [0.4, 0.5) is 5.69 Å². The average Bonchev–Trinajstić information content (AvgIpc) is 2.50. The fourth-order valence-electron chi connectivity index (χ4n) is 2.39. The van der Waals surface area contributed by atoms with Crippen LogP contribution in [-0.2, 0) is 10.0 Å². The molecule has 3 aromatic rings. The van der Waals surface area contributed by atoms with E-state index in [1.54, 1.807) is 25.1 Å². The standard InChI is InChI=1S/C17H15NO3S/c1-12-9-10-14(19)11-17(12)22(20,21)18-16-8-4-6-13-5-2-3-7-15(13)16/h2-11,18-19H,1H3. The van der Waals surface area contributed by atoms with Gasteiger partial charge in [-0.1, -0.05) is 42.5 Å². The molecule has 3 rings (SSSR count). The number of benzene rings is 3. The zero-order valence-electron chi connectivity index (χ0n) is 11.9. The summed E-state index contributed by atoms with van der Waals surface area (Å²) in [5.41, 5.74) is 1.09. The predicted molar refractivity (Wildman–Crippen MR) is 87.6 cm³/mol. The summed E-state index contributed by atoms with van der Waals surface area (Å²) in [5, 5.41) is 11.3. The lowest BCUT2D eigenvalue weighted by atomic mass is 10.1. The maximum Gasteiger partial charge on any atom is 0.262 e. The van der Waals surface area contributed by atoms with Crippen LogP contribution in [0, 0.1) is 6.92 Å². The van der Waals surface area contributed by atoms with E-state index in [1.165, 1.54) is 12.1 Å². The number of hydrogen-bond donors (Lipinski definition) is 2. The van der Waals surface area contributed by atoms with Gasteiger partial charge in [0.25, 0.3) is 10.0 Å². The van der Waals surface area contributed by atoms with Crippen molar-refractivity contribution in [3.8, 4) is 5.75 Å². The first-order chi connectivity index (χ1) is 10.5. The highest BCUT2D eigenvalue weighted by molar-refractivity contribution is 7.92. The van der Waals surface area contributed by atoms with Crippen molar-refractivity contribution in [2.75, 3.05) is 4.72 Å². The van der Waals surface area contributed by atoms with Crippen molar-refractivity contribution in [2.45, 2.75) is 11.8 Å². The number of aromatic hydroxyl groups is 1. The third-order valence-corrected chi connectivity index (χ3v) is 5.00. The Labute approximate surface area is 129 Å². The number of phenols is 1. The quantitative estimate of drug-likeness (QED) is 0.775. The third kappa shape index (κ3) is 2.63. The van der Waals surface area contributed by atoms with Gasteiger partial charge < -0.3 is 5.11 Å². The number of sulfonamides is 1. The Balaban J connectivity index is 2.09. The summed E-state index contributed by atoms with van der Waals surface area (Å²) in [4.78, 5) is 0.0698. The van der Waals surface area contributed by atoms with E-state index in [4.69, 9.17) is 0 Å². The summed E-state index contributed by atoms with van der Waals surface area (Å²) >= 11 is 0. The highest BCUT2D eigenvalue weighted by Gasteiger charge is 2.18. The first-order valence-corrected chi connectivity index (χ1v) is 8.26. The van der Waals surface area contributed by atoms with E-state index >= 15 is 0 Å². The summed E-state index contributed by atoms with van der Waals surface area (Å²) in [6.45, 7) is 1.69. The second-order valence-corrected chi connectivity index (χ2v) is 6.73. The van der Waals surface area contributed by atoms with Gasteiger partial charge in [0.2, 0.25) is 0 Å². The number of nitrogens with one attached hydrogen (secondary N) is 1. The van der Waals surface area contributed by atoms with Gasteiger partial charge in [-0.2, -0.15) is 0 Å². The summed E-state index contributed by atoms with van der Waals surface area (Å²) in [6, 6.07) is 17.3. The van der Waals surface area contributed by atoms with Crippen molar-refractivity contribution in [1.29, 1.82) is 0 Å². The zero-order chi connectivity index (χ0) is 15.7. The Morgan fingerprint density at radius 3 is 2.50 bits per heavy atom. The van der Waals surface area contributed by atoms with Crippen molar-refractivity contribution < 1.29 is 13.5 Å². The molecule has 0 saturated heterocycles. The van der Waals surface area contributed by atoms with Crippen LogP contribution in [0.15, 0.2) is 65.6 Å². The Morgan fingerprint density at radius 2 is 1.68 bits per heavy atom. The van der Waals surface area contributed by atoms with Crippen molar-refractivity contribution >= 4 is 26.5 Å². The molecule has 0 atom stereocenters. The topological polar surface area (TPSA) is 66.4 Å². The molecular weight excluding hydrogens is 298 g/mol. The molecule has 112 valence electrons. The van der Waals surface area contributed by atoms with Crippen LogP contribution in [0.5, 0.6) is 5.75 Å². The number of fused-ring (bicyclic) bond motifs is 1. The predicted octanol–water partition coefficient (Wildman–Crippen LogP) is 3.65. The maximum atomic E-state index is 12.6. The lowest BCUT2D eigenvalue weighted by Crippen LogP contribution is -2.14. The summed E-state index contributed by atoms with van der Waals surface area (Å²) in [7, 11) is -3.77. The molecule has 0 saturated carbocycles. The Hall–Kier alpha value is -2.53. The smallest absolute Gasteiger partial charge is 0.262 e. The van der Waals surface area contributed by atoms with E-state index in [-0.39, 0.29) is 10.6 Å². The second kappa shape index (κ2) is 5.35. The molecule has 0 heterocycles. The minimum absolute atomic E-state index is 0.0698. The van der Waals surface area contributed by atoms with Crippen molar-refractivity contribution in [3.05, 3.63) is 66.2 Å². The molecule has 0 spiro atoms. The van der Waals surface area contributed by atoms with Crippen LogP contribution in [0.25, 0.3) is 10.8 Å². The van der Waals surface area contributed by atoms with Crippen LogP contribution < -0.4 is 4.72 Å². The van der Waals surface area contributed by atoms with E-state index in [1.807, 2.05) is 30.3 Å². The molecule has 22 heavy (non-hydrogen) atoms. The summed E-state index contributed by atoms with van der Waals surface area (Å²) in [6.07, 6.45) is 0. The van der Waals surface area contributed by atoms with Gasteiger partial charge in [0.15, 0.2) is 0 Å². The maximum absolute atomic E-state index is 12.6. The third-order valence-electron chi connectivity index (χ3n) is 3.50.